The van der Waals surface area contributed by atoms with Crippen LogP contribution in [0.3, 0.4) is 0 Å². The molecule has 2 aliphatic rings. The first-order chi connectivity index (χ1) is 31.9. The van der Waals surface area contributed by atoms with Crippen molar-refractivity contribution in [3.8, 4) is 0 Å². The number of hydrogen-bond acceptors (Lipinski definition) is 12. The molecular formula is C45H64N8O14. The van der Waals surface area contributed by atoms with Gasteiger partial charge in [-0.25, -0.2) is 14.4 Å². The van der Waals surface area contributed by atoms with Crippen molar-refractivity contribution in [3.05, 3.63) is 48.0 Å². The Labute approximate surface area is 387 Å². The summed E-state index contributed by atoms with van der Waals surface area (Å²) in [6.07, 6.45) is 2.17. The van der Waals surface area contributed by atoms with Gasteiger partial charge >= 0.3 is 35.9 Å². The van der Waals surface area contributed by atoms with Crippen LogP contribution in [-0.2, 0) is 44.8 Å². The van der Waals surface area contributed by atoms with Gasteiger partial charge < -0.3 is 52.1 Å². The van der Waals surface area contributed by atoms with Crippen LogP contribution in [0, 0.1) is 11.8 Å². The Bertz CT molecular complexity index is 2020. The molecule has 3 atom stereocenters. The van der Waals surface area contributed by atoms with E-state index < -0.39 is 72.8 Å². The summed E-state index contributed by atoms with van der Waals surface area (Å²) in [6.45, 7) is 2.70. The van der Waals surface area contributed by atoms with E-state index in [2.05, 4.69) is 26.6 Å². The van der Waals surface area contributed by atoms with E-state index in [1.807, 2.05) is 47.4 Å². The maximum atomic E-state index is 13.7. The molecule has 0 aromatic heterocycles. The summed E-state index contributed by atoms with van der Waals surface area (Å²) in [5.41, 5.74) is 0.821. The minimum Gasteiger partial charge on any atom is -0.481 e. The van der Waals surface area contributed by atoms with Gasteiger partial charge in [0.25, 0.3) is 0 Å². The number of nitrogens with zero attached hydrogens (tertiary/aromatic N) is 3. The van der Waals surface area contributed by atoms with Gasteiger partial charge in [0.1, 0.15) is 18.1 Å². The first kappa shape index (κ1) is 53.2. The lowest BCUT2D eigenvalue weighted by molar-refractivity contribution is -0.141. The van der Waals surface area contributed by atoms with Crippen LogP contribution in [0.1, 0.15) is 63.4 Å². The number of carboxylic acids is 5. The molecular weight excluding hydrogens is 877 g/mol. The number of benzene rings is 2. The van der Waals surface area contributed by atoms with E-state index in [4.69, 9.17) is 5.11 Å². The van der Waals surface area contributed by atoms with Crippen LogP contribution in [0.2, 0.25) is 0 Å². The third-order valence-corrected chi connectivity index (χ3v) is 12.0. The average molecular weight is 941 g/mol. The van der Waals surface area contributed by atoms with Gasteiger partial charge in [-0.15, -0.1) is 0 Å². The highest BCUT2D eigenvalue weighted by molar-refractivity contribution is 5.89. The molecule has 10 N–H and O–H groups in total. The average Bonchev–Trinajstić information content (AvgIpc) is 3.36. The van der Waals surface area contributed by atoms with E-state index in [0.717, 1.165) is 16.3 Å². The number of carbonyl (C=O) groups excluding carboxylic acids is 4. The summed E-state index contributed by atoms with van der Waals surface area (Å²) in [4.78, 5) is 115. The quantitative estimate of drug-likeness (QED) is 0.0596. The van der Waals surface area contributed by atoms with Gasteiger partial charge in [-0.2, -0.15) is 0 Å². The Balaban J connectivity index is 1.27. The highest BCUT2D eigenvalue weighted by Crippen LogP contribution is 2.29. The molecule has 3 unspecified atom stereocenters. The van der Waals surface area contributed by atoms with Crippen molar-refractivity contribution in [2.45, 2.75) is 82.3 Å². The van der Waals surface area contributed by atoms with Crippen molar-refractivity contribution in [2.75, 3.05) is 72.0 Å². The SMILES string of the molecule is O=C(O)CCC(NC(=O)NC(CCCCNC(=O)C(Cc1ccc2ccccc2c1)NC(=O)C1CCC(CNC(=O)CN2CCN(CC(=O)O)CCN(CC(=O)O)CC2)CC1)C(=O)O)C(=O)O. The van der Waals surface area contributed by atoms with Gasteiger partial charge in [0.05, 0.1) is 19.6 Å². The molecule has 4 rings (SSSR count). The molecule has 2 aromatic carbocycles. The molecule has 1 saturated carbocycles. The molecule has 1 heterocycles. The van der Waals surface area contributed by atoms with Crippen molar-refractivity contribution >= 4 is 64.4 Å². The predicted octanol–water partition coefficient (Wildman–Crippen LogP) is 0.235. The smallest absolute Gasteiger partial charge is 0.326 e. The third kappa shape index (κ3) is 19.5. The minimum atomic E-state index is -1.54. The zero-order chi connectivity index (χ0) is 48.9. The summed E-state index contributed by atoms with van der Waals surface area (Å²) in [6, 6.07) is 8.58. The molecule has 368 valence electrons. The van der Waals surface area contributed by atoms with E-state index >= 15 is 0 Å². The monoisotopic (exact) mass is 940 g/mol. The second-order valence-electron chi connectivity index (χ2n) is 17.2. The number of hydrogen-bond donors (Lipinski definition) is 10. The normalized spacial score (nSPS) is 18.7. The number of unbranched alkanes of at least 4 members (excludes halogenated alkanes) is 1. The van der Waals surface area contributed by atoms with Crippen molar-refractivity contribution in [3.63, 3.8) is 0 Å². The summed E-state index contributed by atoms with van der Waals surface area (Å²) >= 11 is 0. The lowest BCUT2D eigenvalue weighted by Crippen LogP contribution is -2.51. The lowest BCUT2D eigenvalue weighted by atomic mass is 9.81. The largest absolute Gasteiger partial charge is 0.481 e. The van der Waals surface area contributed by atoms with Crippen molar-refractivity contribution < 1.29 is 68.7 Å². The Morgan fingerprint density at radius 1 is 0.582 bits per heavy atom. The standard InChI is InChI=1S/C45H64N8O14/c54-37(26-51-17-19-52(27-39(57)58)21-22-53(20-18-51)28-40(59)60)47-25-29-8-12-32(13-9-29)41(61)48-36(24-30-10-11-31-5-1-2-6-33(31)23-30)42(62)46-16-4-3-7-34(43(63)64)49-45(67)50-35(44(65)66)14-15-38(55)56/h1-2,5-6,10-11,23,29,32,34-36H,3-4,7-9,12-22,24-28H2,(H,46,62)(H,47,54)(H,48,61)(H,55,56)(H,57,58)(H,59,60)(H,63,64)(H,65,66)(H2,49,50,67). The molecule has 0 radical (unpaired) electrons. The van der Waals surface area contributed by atoms with Gasteiger partial charge in [0, 0.05) is 71.1 Å². The van der Waals surface area contributed by atoms with E-state index in [-0.39, 0.29) is 69.1 Å². The number of fused-ring (bicyclic) bond motifs is 1. The zero-order valence-corrected chi connectivity index (χ0v) is 37.5. The van der Waals surface area contributed by atoms with Gasteiger partial charge in [0.15, 0.2) is 0 Å². The van der Waals surface area contributed by atoms with Crippen LogP contribution in [0.5, 0.6) is 0 Å². The fourth-order valence-corrected chi connectivity index (χ4v) is 8.24. The van der Waals surface area contributed by atoms with Crippen LogP contribution >= 0.6 is 0 Å². The number of nitrogens with one attached hydrogen (secondary N) is 5. The van der Waals surface area contributed by atoms with Gasteiger partial charge in [-0.05, 0) is 73.6 Å². The number of rotatable bonds is 25. The molecule has 5 amide bonds. The van der Waals surface area contributed by atoms with Crippen LogP contribution in [0.15, 0.2) is 42.5 Å². The molecule has 1 aliphatic heterocycles. The third-order valence-electron chi connectivity index (χ3n) is 12.0. The first-order valence-electron chi connectivity index (χ1n) is 22.6. The second kappa shape index (κ2) is 27.3. The number of carbonyl (C=O) groups is 9. The van der Waals surface area contributed by atoms with Gasteiger partial charge in [-0.1, -0.05) is 42.5 Å². The molecule has 22 heteroatoms. The summed E-state index contributed by atoms with van der Waals surface area (Å²) in [5, 5.41) is 61.5. The fourth-order valence-electron chi connectivity index (χ4n) is 8.24. The van der Waals surface area contributed by atoms with Gasteiger partial charge in [0.2, 0.25) is 17.7 Å². The number of aliphatic carboxylic acids is 5. The van der Waals surface area contributed by atoms with Crippen LogP contribution in [-0.4, -0.2) is 184 Å². The minimum absolute atomic E-state index is 0.0579. The Kier molecular flexibility index (Phi) is 21.7. The predicted molar refractivity (Wildman–Crippen MR) is 241 cm³/mol. The molecule has 2 fully saturated rings. The van der Waals surface area contributed by atoms with E-state index in [0.29, 0.717) is 77.9 Å². The number of amides is 5. The highest BCUT2D eigenvalue weighted by atomic mass is 16.4. The molecule has 22 nitrogen and oxygen atoms in total. The highest BCUT2D eigenvalue weighted by Gasteiger charge is 2.31. The van der Waals surface area contributed by atoms with Crippen LogP contribution in [0.4, 0.5) is 4.79 Å². The summed E-state index contributed by atoms with van der Waals surface area (Å²) in [7, 11) is 0. The molecule has 0 bridgehead atoms. The van der Waals surface area contributed by atoms with E-state index in [9.17, 15) is 63.6 Å². The van der Waals surface area contributed by atoms with Crippen molar-refractivity contribution in [1.82, 2.24) is 41.3 Å². The molecule has 1 saturated heterocycles. The van der Waals surface area contributed by atoms with Crippen molar-refractivity contribution in [2.24, 2.45) is 11.8 Å². The van der Waals surface area contributed by atoms with E-state index in [1.165, 1.54) is 0 Å². The Morgan fingerprint density at radius 2 is 1.13 bits per heavy atom. The Hall–Kier alpha value is -6.39. The number of urea groups is 1. The first-order valence-corrected chi connectivity index (χ1v) is 22.6. The van der Waals surface area contributed by atoms with E-state index in [1.54, 1.807) is 9.80 Å². The molecule has 1 aliphatic carbocycles. The zero-order valence-electron chi connectivity index (χ0n) is 37.5. The summed E-state index contributed by atoms with van der Waals surface area (Å²) < 4.78 is 0. The summed E-state index contributed by atoms with van der Waals surface area (Å²) in [5.74, 6) is -7.25. The lowest BCUT2D eigenvalue weighted by Gasteiger charge is -2.30. The maximum Gasteiger partial charge on any atom is 0.326 e. The molecule has 0 spiro atoms. The van der Waals surface area contributed by atoms with Crippen LogP contribution < -0.4 is 26.6 Å². The topological polar surface area (TPSA) is 325 Å². The van der Waals surface area contributed by atoms with Crippen molar-refractivity contribution in [1.29, 1.82) is 0 Å². The second-order valence-corrected chi connectivity index (χ2v) is 17.2. The fraction of sp³-hybridized carbons (Fsp3) is 0.578. The number of carboxylic acid groups (broad SMARTS) is 5. The van der Waals surface area contributed by atoms with Gasteiger partial charge in [-0.3, -0.25) is 43.5 Å². The Morgan fingerprint density at radius 3 is 1.69 bits per heavy atom. The van der Waals surface area contributed by atoms with Crippen LogP contribution in [0.25, 0.3) is 10.8 Å². The molecule has 67 heavy (non-hydrogen) atoms. The molecule has 2 aromatic rings. The maximum absolute atomic E-state index is 13.7.